The largest absolute Gasteiger partial charge is 0.315 e. The van der Waals surface area contributed by atoms with Gasteiger partial charge in [0, 0.05) is 18.3 Å². The second-order valence-corrected chi connectivity index (χ2v) is 6.24. The molecule has 17 heavy (non-hydrogen) atoms. The van der Waals surface area contributed by atoms with Crippen LogP contribution >= 0.6 is 11.8 Å². The summed E-state index contributed by atoms with van der Waals surface area (Å²) in [6.07, 6.45) is 2.17. The molecule has 1 rings (SSSR count). The first-order valence-electron chi connectivity index (χ1n) is 6.43. The Morgan fingerprint density at radius 3 is 2.24 bits per heavy atom. The van der Waals surface area contributed by atoms with Crippen LogP contribution in [-0.4, -0.2) is 24.6 Å². The molecular formula is C15H25NS. The summed E-state index contributed by atoms with van der Waals surface area (Å²) in [6.45, 7) is 9.04. The van der Waals surface area contributed by atoms with E-state index >= 15 is 0 Å². The van der Waals surface area contributed by atoms with Crippen LogP contribution in [-0.2, 0) is 0 Å². The third-order valence-corrected chi connectivity index (χ3v) is 4.20. The predicted octanol–water partition coefficient (Wildman–Crippen LogP) is 3.77. The fourth-order valence-electron chi connectivity index (χ4n) is 1.96. The lowest BCUT2D eigenvalue weighted by Crippen LogP contribution is -2.29. The van der Waals surface area contributed by atoms with Crippen LogP contribution in [0.5, 0.6) is 0 Å². The summed E-state index contributed by atoms with van der Waals surface area (Å²) in [4.78, 5) is 0. The maximum Gasteiger partial charge on any atom is 0.0141 e. The first kappa shape index (κ1) is 14.6. The highest BCUT2D eigenvalue weighted by Crippen LogP contribution is 2.23. The predicted molar refractivity (Wildman–Crippen MR) is 79.9 cm³/mol. The minimum absolute atomic E-state index is 0.616. The van der Waals surface area contributed by atoms with Crippen LogP contribution in [0, 0.1) is 5.92 Å². The molecule has 0 aromatic heterocycles. The summed E-state index contributed by atoms with van der Waals surface area (Å²) in [7, 11) is 0. The minimum atomic E-state index is 0.616. The Balaban J connectivity index is 2.50. The number of hydrogen-bond donors (Lipinski definition) is 1. The average Bonchev–Trinajstić information content (AvgIpc) is 2.34. The van der Waals surface area contributed by atoms with Crippen LogP contribution in [0.4, 0.5) is 0 Å². The molecule has 2 unspecified atom stereocenters. The Bertz CT molecular complexity index is 297. The van der Waals surface area contributed by atoms with Gasteiger partial charge >= 0.3 is 0 Å². The third kappa shape index (κ3) is 5.13. The zero-order chi connectivity index (χ0) is 12.7. The monoisotopic (exact) mass is 251 g/mol. The van der Waals surface area contributed by atoms with Crippen molar-refractivity contribution in [1.82, 2.24) is 5.32 Å². The third-order valence-electron chi connectivity index (χ3n) is 3.23. The standard InChI is InChI=1S/C15H25NS/c1-12(2)15(11-16-10-13(3)17-4)14-8-6-5-7-9-14/h5-9,12-13,15-16H,10-11H2,1-4H3. The van der Waals surface area contributed by atoms with Crippen molar-refractivity contribution in [2.75, 3.05) is 19.3 Å². The van der Waals surface area contributed by atoms with Crippen molar-refractivity contribution in [3.8, 4) is 0 Å². The number of hydrogen-bond acceptors (Lipinski definition) is 2. The van der Waals surface area contributed by atoms with Gasteiger partial charge in [-0.2, -0.15) is 11.8 Å². The van der Waals surface area contributed by atoms with Crippen molar-refractivity contribution in [2.24, 2.45) is 5.92 Å². The van der Waals surface area contributed by atoms with Gasteiger partial charge in [0.25, 0.3) is 0 Å². The molecule has 1 N–H and O–H groups in total. The molecule has 0 amide bonds. The first-order valence-corrected chi connectivity index (χ1v) is 7.72. The van der Waals surface area contributed by atoms with E-state index in [1.54, 1.807) is 0 Å². The van der Waals surface area contributed by atoms with Gasteiger partial charge in [-0.3, -0.25) is 0 Å². The van der Waals surface area contributed by atoms with Crippen molar-refractivity contribution in [1.29, 1.82) is 0 Å². The van der Waals surface area contributed by atoms with Gasteiger partial charge in [0.1, 0.15) is 0 Å². The van der Waals surface area contributed by atoms with E-state index in [1.165, 1.54) is 5.56 Å². The Morgan fingerprint density at radius 2 is 1.71 bits per heavy atom. The van der Waals surface area contributed by atoms with E-state index in [9.17, 15) is 0 Å². The number of rotatable bonds is 7. The molecule has 1 aromatic rings. The lowest BCUT2D eigenvalue weighted by atomic mass is 9.88. The van der Waals surface area contributed by atoms with Gasteiger partial charge in [-0.15, -0.1) is 0 Å². The van der Waals surface area contributed by atoms with Gasteiger partial charge in [0.15, 0.2) is 0 Å². The Kier molecular flexibility index (Phi) is 6.68. The molecule has 1 aromatic carbocycles. The lowest BCUT2D eigenvalue weighted by Gasteiger charge is -2.22. The molecule has 0 aliphatic carbocycles. The average molecular weight is 251 g/mol. The van der Waals surface area contributed by atoms with E-state index in [-0.39, 0.29) is 0 Å². The van der Waals surface area contributed by atoms with Gasteiger partial charge < -0.3 is 5.32 Å². The summed E-state index contributed by atoms with van der Waals surface area (Å²) < 4.78 is 0. The fourth-order valence-corrected chi connectivity index (χ4v) is 2.25. The highest BCUT2D eigenvalue weighted by atomic mass is 32.2. The molecule has 0 heterocycles. The summed E-state index contributed by atoms with van der Waals surface area (Å²) >= 11 is 1.92. The van der Waals surface area contributed by atoms with E-state index in [4.69, 9.17) is 0 Å². The quantitative estimate of drug-likeness (QED) is 0.792. The van der Waals surface area contributed by atoms with Gasteiger partial charge in [-0.1, -0.05) is 51.1 Å². The highest BCUT2D eigenvalue weighted by Gasteiger charge is 2.15. The summed E-state index contributed by atoms with van der Waals surface area (Å²) in [5, 5.41) is 4.29. The van der Waals surface area contributed by atoms with E-state index in [0.29, 0.717) is 17.1 Å². The van der Waals surface area contributed by atoms with E-state index in [2.05, 4.69) is 62.7 Å². The van der Waals surface area contributed by atoms with Gasteiger partial charge in [0.2, 0.25) is 0 Å². The molecule has 1 nitrogen and oxygen atoms in total. The summed E-state index contributed by atoms with van der Waals surface area (Å²) in [6, 6.07) is 10.8. The summed E-state index contributed by atoms with van der Waals surface area (Å²) in [5.74, 6) is 1.29. The molecule has 0 saturated carbocycles. The molecule has 0 fully saturated rings. The SMILES string of the molecule is CSC(C)CNCC(c1ccccc1)C(C)C. The van der Waals surface area contributed by atoms with Crippen LogP contribution in [0.25, 0.3) is 0 Å². The topological polar surface area (TPSA) is 12.0 Å². The van der Waals surface area contributed by atoms with E-state index in [1.807, 2.05) is 11.8 Å². The van der Waals surface area contributed by atoms with Crippen molar-refractivity contribution in [3.05, 3.63) is 35.9 Å². The number of nitrogens with one attached hydrogen (secondary N) is 1. The molecule has 0 spiro atoms. The summed E-state index contributed by atoms with van der Waals surface area (Å²) in [5.41, 5.74) is 1.45. The van der Waals surface area contributed by atoms with Crippen molar-refractivity contribution in [3.63, 3.8) is 0 Å². The van der Waals surface area contributed by atoms with Crippen LogP contribution in [0.2, 0.25) is 0 Å². The zero-order valence-electron chi connectivity index (χ0n) is 11.4. The minimum Gasteiger partial charge on any atom is -0.315 e. The molecule has 0 aliphatic rings. The second kappa shape index (κ2) is 7.78. The maximum atomic E-state index is 3.60. The van der Waals surface area contributed by atoms with Crippen LogP contribution in [0.3, 0.4) is 0 Å². The van der Waals surface area contributed by atoms with Crippen LogP contribution in [0.1, 0.15) is 32.3 Å². The molecule has 2 atom stereocenters. The molecule has 0 radical (unpaired) electrons. The lowest BCUT2D eigenvalue weighted by molar-refractivity contribution is 0.463. The Morgan fingerprint density at radius 1 is 1.06 bits per heavy atom. The second-order valence-electron chi connectivity index (χ2n) is 4.97. The molecular weight excluding hydrogens is 226 g/mol. The molecule has 0 bridgehead atoms. The fraction of sp³-hybridized carbons (Fsp3) is 0.600. The molecule has 0 aliphatic heterocycles. The van der Waals surface area contributed by atoms with E-state index < -0.39 is 0 Å². The normalized spacial score (nSPS) is 14.9. The number of benzene rings is 1. The van der Waals surface area contributed by atoms with Gasteiger partial charge in [-0.05, 0) is 23.7 Å². The van der Waals surface area contributed by atoms with Crippen molar-refractivity contribution in [2.45, 2.75) is 31.9 Å². The Hall–Kier alpha value is -0.470. The Labute approximate surface area is 110 Å². The van der Waals surface area contributed by atoms with Crippen molar-refractivity contribution < 1.29 is 0 Å². The van der Waals surface area contributed by atoms with Crippen LogP contribution in [0.15, 0.2) is 30.3 Å². The number of thioether (sulfide) groups is 1. The van der Waals surface area contributed by atoms with Crippen LogP contribution < -0.4 is 5.32 Å². The van der Waals surface area contributed by atoms with Crippen molar-refractivity contribution >= 4 is 11.8 Å². The highest BCUT2D eigenvalue weighted by molar-refractivity contribution is 7.99. The molecule has 96 valence electrons. The molecule has 2 heteroatoms. The zero-order valence-corrected chi connectivity index (χ0v) is 12.3. The molecule has 0 saturated heterocycles. The van der Waals surface area contributed by atoms with Gasteiger partial charge in [0.05, 0.1) is 0 Å². The van der Waals surface area contributed by atoms with E-state index in [0.717, 1.165) is 13.1 Å². The van der Waals surface area contributed by atoms with Gasteiger partial charge in [-0.25, -0.2) is 0 Å². The first-order chi connectivity index (χ1) is 8.15. The maximum absolute atomic E-state index is 3.60. The smallest absolute Gasteiger partial charge is 0.0141 e.